The Morgan fingerprint density at radius 1 is 1.19 bits per heavy atom. The highest BCUT2D eigenvalue weighted by Crippen LogP contribution is 2.13. The van der Waals surface area contributed by atoms with E-state index in [0.717, 1.165) is 0 Å². The lowest BCUT2D eigenvalue weighted by molar-refractivity contribution is -0.123. The smallest absolute Gasteiger partial charge is 0.261 e. The second-order valence-corrected chi connectivity index (χ2v) is 6.40. The van der Waals surface area contributed by atoms with Crippen LogP contribution in [0.25, 0.3) is 0 Å². The van der Waals surface area contributed by atoms with Gasteiger partial charge in [0.25, 0.3) is 5.91 Å². The Balaban J connectivity index is 0. The first-order valence-corrected chi connectivity index (χ1v) is 9.68. The van der Waals surface area contributed by atoms with Gasteiger partial charge in [-0.3, -0.25) is 9.59 Å². The van der Waals surface area contributed by atoms with Crippen molar-refractivity contribution in [3.05, 3.63) is 85.8 Å². The molecule has 1 unspecified atom stereocenters. The fourth-order valence-electron chi connectivity index (χ4n) is 1.94. The maximum Gasteiger partial charge on any atom is 0.261 e. The first-order valence-electron chi connectivity index (χ1n) is 9.30. The zero-order chi connectivity index (χ0) is 24.2. The monoisotopic (exact) mass is 454 g/mol. The molecule has 172 valence electrons. The molecular formula is C23H32ClFN2O4. The van der Waals surface area contributed by atoms with Crippen molar-refractivity contribution in [2.24, 2.45) is 0 Å². The van der Waals surface area contributed by atoms with E-state index in [4.69, 9.17) is 21.1 Å². The van der Waals surface area contributed by atoms with E-state index < -0.39 is 11.7 Å². The molecule has 8 heteroatoms. The molecule has 0 saturated carbocycles. The average molecular weight is 455 g/mol. The molecule has 0 aliphatic rings. The summed E-state index contributed by atoms with van der Waals surface area (Å²) in [6.07, 6.45) is 8.55. The van der Waals surface area contributed by atoms with Gasteiger partial charge in [-0.15, -0.1) is 13.2 Å². The third-order valence-electron chi connectivity index (χ3n) is 3.27. The minimum atomic E-state index is -0.764. The maximum absolute atomic E-state index is 12.6. The molecular weight excluding hydrogens is 423 g/mol. The summed E-state index contributed by atoms with van der Waals surface area (Å²) in [6.45, 7) is 18.0. The molecule has 0 fully saturated rings. The predicted molar refractivity (Wildman–Crippen MR) is 125 cm³/mol. The summed E-state index contributed by atoms with van der Waals surface area (Å²) in [7, 11) is 1.52. The molecule has 0 bridgehead atoms. The number of halogens is 2. The Bertz CT molecular complexity index is 714. The van der Waals surface area contributed by atoms with Gasteiger partial charge in [-0.05, 0) is 31.6 Å². The minimum Gasteiger partial charge on any atom is -0.497 e. The van der Waals surface area contributed by atoms with Crippen LogP contribution in [0.4, 0.5) is 4.39 Å². The van der Waals surface area contributed by atoms with Gasteiger partial charge >= 0.3 is 0 Å². The molecule has 2 amide bonds. The molecule has 0 aromatic carbocycles. The normalized spacial score (nSPS) is 11.8. The lowest BCUT2D eigenvalue weighted by Crippen LogP contribution is -2.35. The highest BCUT2D eigenvalue weighted by Gasteiger charge is 2.10. The lowest BCUT2D eigenvalue weighted by atomic mass is 10.2. The predicted octanol–water partition coefficient (Wildman–Crippen LogP) is 4.95. The van der Waals surface area contributed by atoms with E-state index in [1.165, 1.54) is 25.5 Å². The molecule has 0 aliphatic carbocycles. The van der Waals surface area contributed by atoms with Crippen molar-refractivity contribution in [3.63, 3.8) is 0 Å². The van der Waals surface area contributed by atoms with E-state index in [0.29, 0.717) is 30.7 Å². The molecule has 0 aliphatic heterocycles. The van der Waals surface area contributed by atoms with Crippen molar-refractivity contribution in [2.45, 2.75) is 32.2 Å². The molecule has 0 rings (SSSR count). The van der Waals surface area contributed by atoms with Crippen LogP contribution in [0.1, 0.15) is 26.2 Å². The van der Waals surface area contributed by atoms with Gasteiger partial charge < -0.3 is 20.1 Å². The summed E-state index contributed by atoms with van der Waals surface area (Å²) in [4.78, 5) is 23.6. The topological polar surface area (TPSA) is 76.7 Å². The van der Waals surface area contributed by atoms with Gasteiger partial charge in [0.1, 0.15) is 11.6 Å². The summed E-state index contributed by atoms with van der Waals surface area (Å²) in [5.74, 6) is -0.761. The Hall–Kier alpha value is -3.06. The van der Waals surface area contributed by atoms with E-state index in [-0.39, 0.29) is 23.6 Å². The summed E-state index contributed by atoms with van der Waals surface area (Å²) < 4.78 is 22.5. The number of ether oxygens (including phenoxy) is 2. The van der Waals surface area contributed by atoms with Gasteiger partial charge in [-0.2, -0.15) is 0 Å². The molecule has 0 aromatic heterocycles. The molecule has 0 radical (unpaired) electrons. The average Bonchev–Trinajstić information content (AvgIpc) is 2.71. The van der Waals surface area contributed by atoms with Crippen molar-refractivity contribution in [2.75, 3.05) is 13.7 Å². The molecule has 31 heavy (non-hydrogen) atoms. The number of hydrogen-bond acceptors (Lipinski definition) is 4. The quantitative estimate of drug-likeness (QED) is 0.221. The van der Waals surface area contributed by atoms with E-state index >= 15 is 0 Å². The maximum atomic E-state index is 12.6. The van der Waals surface area contributed by atoms with Gasteiger partial charge in [-0.25, -0.2) is 4.39 Å². The Labute approximate surface area is 189 Å². The van der Waals surface area contributed by atoms with Crippen LogP contribution in [0.3, 0.4) is 0 Å². The second kappa shape index (κ2) is 18.9. The third kappa shape index (κ3) is 18.7. The molecule has 0 saturated heterocycles. The first-order chi connectivity index (χ1) is 14.6. The van der Waals surface area contributed by atoms with E-state index in [2.05, 4.69) is 43.5 Å². The van der Waals surface area contributed by atoms with Crippen molar-refractivity contribution in [1.29, 1.82) is 0 Å². The fourth-order valence-corrected chi connectivity index (χ4v) is 2.02. The van der Waals surface area contributed by atoms with Gasteiger partial charge in [0, 0.05) is 24.6 Å². The Morgan fingerprint density at radius 2 is 1.84 bits per heavy atom. The summed E-state index contributed by atoms with van der Waals surface area (Å²) in [5, 5.41) is 5.25. The van der Waals surface area contributed by atoms with Gasteiger partial charge in [0.05, 0.1) is 18.4 Å². The number of rotatable bonds is 14. The molecule has 0 spiro atoms. The number of carbonyl (C=O) groups excluding carboxylic acids is 2. The van der Waals surface area contributed by atoms with Crippen LogP contribution in [0.2, 0.25) is 0 Å². The van der Waals surface area contributed by atoms with Crippen LogP contribution < -0.4 is 10.6 Å². The Morgan fingerprint density at radius 3 is 2.42 bits per heavy atom. The van der Waals surface area contributed by atoms with Crippen LogP contribution in [0.15, 0.2) is 85.8 Å². The largest absolute Gasteiger partial charge is 0.497 e. The van der Waals surface area contributed by atoms with Crippen LogP contribution in [0, 0.1) is 0 Å². The Kier molecular flexibility index (Phi) is 18.4. The van der Waals surface area contributed by atoms with Crippen LogP contribution in [-0.2, 0) is 19.1 Å². The lowest BCUT2D eigenvalue weighted by Gasteiger charge is -2.16. The number of nitrogens with one attached hydrogen (secondary N) is 2. The number of amides is 2. The number of carbonyl (C=O) groups is 2. The molecule has 6 nitrogen and oxygen atoms in total. The van der Waals surface area contributed by atoms with Crippen LogP contribution in [0.5, 0.6) is 0 Å². The molecule has 0 heterocycles. The van der Waals surface area contributed by atoms with E-state index in [1.807, 2.05) is 6.92 Å². The molecule has 0 aromatic rings. The zero-order valence-corrected chi connectivity index (χ0v) is 19.0. The van der Waals surface area contributed by atoms with Gasteiger partial charge in [0.2, 0.25) is 5.91 Å². The summed E-state index contributed by atoms with van der Waals surface area (Å²) in [5.41, 5.74) is 0.448. The van der Waals surface area contributed by atoms with Gasteiger partial charge in [-0.1, -0.05) is 37.4 Å². The summed E-state index contributed by atoms with van der Waals surface area (Å²) in [6, 6.07) is -0.199. The van der Waals surface area contributed by atoms with E-state index in [9.17, 15) is 14.0 Å². The first kappa shape index (κ1) is 30.1. The number of allylic oxidation sites excluding steroid dienone is 6. The van der Waals surface area contributed by atoms with Crippen LogP contribution >= 0.6 is 11.6 Å². The summed E-state index contributed by atoms with van der Waals surface area (Å²) >= 11 is 5.51. The standard InChI is InChI=1S/C21H28ClFN2O4.C2H4/c1-15(24-20(26)11-7-6-9-17(3)28-5)13-16(2)25-21(27)14-29-12-8-10-19(22)18(4)23;1-2/h6,8-10,12,15H,2-4,7,11,13-14H2,1,5H3,(H,24,26)(H,25,27);1-2H2/b9-6+,12-8+,19-10+;. The SMILES string of the molecule is C=C.C=C(CC(C)NC(=O)CC/C=C/C(=C)OC)NC(=O)CO/C=C/C=C(/Cl)C(=C)F. The van der Waals surface area contributed by atoms with Crippen molar-refractivity contribution >= 4 is 23.4 Å². The van der Waals surface area contributed by atoms with Crippen molar-refractivity contribution < 1.29 is 23.5 Å². The fraction of sp³-hybridized carbons (Fsp3) is 0.304. The van der Waals surface area contributed by atoms with Crippen LogP contribution in [-0.4, -0.2) is 31.6 Å². The number of methoxy groups -OCH3 is 1. The van der Waals surface area contributed by atoms with Crippen molar-refractivity contribution in [3.8, 4) is 0 Å². The highest BCUT2D eigenvalue weighted by molar-refractivity contribution is 6.31. The van der Waals surface area contributed by atoms with E-state index in [1.54, 1.807) is 12.2 Å². The van der Waals surface area contributed by atoms with Crippen molar-refractivity contribution in [1.82, 2.24) is 10.6 Å². The zero-order valence-electron chi connectivity index (χ0n) is 18.2. The minimum absolute atomic E-state index is 0.111. The second-order valence-electron chi connectivity index (χ2n) is 5.99. The third-order valence-corrected chi connectivity index (χ3v) is 3.60. The van der Waals surface area contributed by atoms with Gasteiger partial charge in [0.15, 0.2) is 6.61 Å². The molecule has 1 atom stereocenters. The highest BCUT2D eigenvalue weighted by atomic mass is 35.5. The molecule has 2 N–H and O–H groups in total. The number of hydrogen-bond donors (Lipinski definition) is 2.